The van der Waals surface area contributed by atoms with Crippen LogP contribution in [0.4, 0.5) is 0 Å². The normalized spacial score (nSPS) is 15.5. The molecule has 1 heterocycles. The number of benzene rings is 1. The SMILES string of the molecule is C=CCNS(=O)(=O)c1ccc(C(=O)NC2CCN(C(=O)CC(C)C)CC2)cc1. The second kappa shape index (κ2) is 9.84. The molecule has 1 aliphatic heterocycles. The highest BCUT2D eigenvalue weighted by Gasteiger charge is 2.24. The van der Waals surface area contributed by atoms with Crippen LogP contribution in [0.25, 0.3) is 0 Å². The minimum atomic E-state index is -3.61. The number of hydrogen-bond acceptors (Lipinski definition) is 4. The zero-order valence-corrected chi connectivity index (χ0v) is 17.3. The Kier molecular flexibility index (Phi) is 7.77. The van der Waals surface area contributed by atoms with E-state index in [4.69, 9.17) is 0 Å². The Labute approximate surface area is 167 Å². The highest BCUT2D eigenvalue weighted by atomic mass is 32.2. The van der Waals surface area contributed by atoms with Gasteiger partial charge in [-0.05, 0) is 43.0 Å². The first-order valence-corrected chi connectivity index (χ1v) is 11.0. The van der Waals surface area contributed by atoms with Gasteiger partial charge in [-0.2, -0.15) is 0 Å². The maximum Gasteiger partial charge on any atom is 0.251 e. The summed E-state index contributed by atoms with van der Waals surface area (Å²) in [5, 5.41) is 2.97. The zero-order chi connectivity index (χ0) is 20.7. The highest BCUT2D eigenvalue weighted by Crippen LogP contribution is 2.15. The molecule has 1 fully saturated rings. The molecular formula is C20H29N3O4S. The average molecular weight is 408 g/mol. The van der Waals surface area contributed by atoms with E-state index < -0.39 is 10.0 Å². The molecule has 0 radical (unpaired) electrons. The van der Waals surface area contributed by atoms with Crippen molar-refractivity contribution in [2.24, 2.45) is 5.92 Å². The summed E-state index contributed by atoms with van der Waals surface area (Å²) in [6.07, 6.45) is 3.44. The van der Waals surface area contributed by atoms with E-state index in [2.05, 4.69) is 16.6 Å². The van der Waals surface area contributed by atoms with Crippen LogP contribution in [-0.4, -0.2) is 50.8 Å². The number of piperidine rings is 1. The number of nitrogens with one attached hydrogen (secondary N) is 2. The predicted molar refractivity (Wildman–Crippen MR) is 108 cm³/mol. The summed E-state index contributed by atoms with van der Waals surface area (Å²) in [4.78, 5) is 26.5. The predicted octanol–water partition coefficient (Wildman–Crippen LogP) is 1.92. The minimum absolute atomic E-state index is 0.00765. The number of rotatable bonds is 8. The molecule has 0 aliphatic carbocycles. The fraction of sp³-hybridized carbons (Fsp3) is 0.500. The van der Waals surface area contributed by atoms with Crippen molar-refractivity contribution in [3.05, 3.63) is 42.5 Å². The van der Waals surface area contributed by atoms with Gasteiger partial charge in [-0.1, -0.05) is 19.9 Å². The van der Waals surface area contributed by atoms with Gasteiger partial charge in [0.2, 0.25) is 15.9 Å². The topological polar surface area (TPSA) is 95.6 Å². The van der Waals surface area contributed by atoms with E-state index in [9.17, 15) is 18.0 Å². The summed E-state index contributed by atoms with van der Waals surface area (Å²) in [5.41, 5.74) is 0.404. The fourth-order valence-electron chi connectivity index (χ4n) is 3.06. The number of nitrogens with zero attached hydrogens (tertiary/aromatic N) is 1. The summed E-state index contributed by atoms with van der Waals surface area (Å²) >= 11 is 0. The number of carbonyl (C=O) groups is 2. The molecule has 0 aromatic heterocycles. The van der Waals surface area contributed by atoms with Crippen LogP contribution in [0, 0.1) is 5.92 Å². The molecule has 0 spiro atoms. The quantitative estimate of drug-likeness (QED) is 0.644. The first-order chi connectivity index (χ1) is 13.2. The third-order valence-electron chi connectivity index (χ3n) is 4.61. The number of likely N-dealkylation sites (tertiary alicyclic amines) is 1. The van der Waals surface area contributed by atoms with E-state index in [1.807, 2.05) is 18.7 Å². The zero-order valence-electron chi connectivity index (χ0n) is 16.5. The van der Waals surface area contributed by atoms with Crippen molar-refractivity contribution in [3.63, 3.8) is 0 Å². The van der Waals surface area contributed by atoms with Crippen molar-refractivity contribution < 1.29 is 18.0 Å². The molecule has 1 aromatic rings. The van der Waals surface area contributed by atoms with E-state index in [0.717, 1.165) is 0 Å². The van der Waals surface area contributed by atoms with Gasteiger partial charge in [0, 0.05) is 37.7 Å². The summed E-state index contributed by atoms with van der Waals surface area (Å²) in [5.74, 6) is 0.264. The van der Waals surface area contributed by atoms with Crippen molar-refractivity contribution in [2.75, 3.05) is 19.6 Å². The van der Waals surface area contributed by atoms with E-state index in [1.54, 1.807) is 0 Å². The van der Waals surface area contributed by atoms with Gasteiger partial charge in [-0.15, -0.1) is 6.58 Å². The van der Waals surface area contributed by atoms with Gasteiger partial charge in [0.25, 0.3) is 5.91 Å². The molecule has 2 rings (SSSR count). The Morgan fingerprint density at radius 1 is 1.21 bits per heavy atom. The largest absolute Gasteiger partial charge is 0.349 e. The van der Waals surface area contributed by atoms with Gasteiger partial charge in [0.1, 0.15) is 0 Å². The molecule has 8 heteroatoms. The Morgan fingerprint density at radius 2 is 1.82 bits per heavy atom. The number of sulfonamides is 1. The van der Waals surface area contributed by atoms with Crippen LogP contribution in [-0.2, 0) is 14.8 Å². The van der Waals surface area contributed by atoms with Crippen LogP contribution >= 0.6 is 0 Å². The molecule has 2 N–H and O–H groups in total. The molecule has 28 heavy (non-hydrogen) atoms. The molecule has 0 bridgehead atoms. The van der Waals surface area contributed by atoms with Crippen LogP contribution in [0.5, 0.6) is 0 Å². The minimum Gasteiger partial charge on any atom is -0.349 e. The lowest BCUT2D eigenvalue weighted by atomic mass is 10.0. The number of hydrogen-bond donors (Lipinski definition) is 2. The second-order valence-electron chi connectivity index (χ2n) is 7.39. The van der Waals surface area contributed by atoms with Crippen LogP contribution < -0.4 is 10.0 Å². The van der Waals surface area contributed by atoms with E-state index >= 15 is 0 Å². The lowest BCUT2D eigenvalue weighted by molar-refractivity contribution is -0.133. The molecule has 0 unspecified atom stereocenters. The van der Waals surface area contributed by atoms with E-state index in [0.29, 0.717) is 43.8 Å². The van der Waals surface area contributed by atoms with Gasteiger partial charge in [-0.3, -0.25) is 9.59 Å². The first kappa shape index (κ1) is 22.1. The molecule has 0 saturated carbocycles. The maximum absolute atomic E-state index is 12.4. The Morgan fingerprint density at radius 3 is 2.36 bits per heavy atom. The summed E-state index contributed by atoms with van der Waals surface area (Å²) in [6.45, 7) is 8.95. The molecule has 0 atom stereocenters. The lowest BCUT2D eigenvalue weighted by Crippen LogP contribution is -2.46. The van der Waals surface area contributed by atoms with Crippen molar-refractivity contribution in [1.82, 2.24) is 14.9 Å². The molecule has 1 aliphatic rings. The average Bonchev–Trinajstić information content (AvgIpc) is 2.66. The van der Waals surface area contributed by atoms with Gasteiger partial charge in [0.05, 0.1) is 4.90 Å². The van der Waals surface area contributed by atoms with Gasteiger partial charge in [-0.25, -0.2) is 13.1 Å². The van der Waals surface area contributed by atoms with Gasteiger partial charge in [0.15, 0.2) is 0 Å². The lowest BCUT2D eigenvalue weighted by Gasteiger charge is -2.32. The van der Waals surface area contributed by atoms with E-state index in [-0.39, 0.29) is 29.3 Å². The summed E-state index contributed by atoms with van der Waals surface area (Å²) in [7, 11) is -3.61. The van der Waals surface area contributed by atoms with Crippen molar-refractivity contribution in [2.45, 2.75) is 44.0 Å². The summed E-state index contributed by atoms with van der Waals surface area (Å²) in [6, 6.07) is 5.83. The van der Waals surface area contributed by atoms with Crippen LogP contribution in [0.2, 0.25) is 0 Å². The third kappa shape index (κ3) is 6.17. The number of amides is 2. The Hall–Kier alpha value is -2.19. The smallest absolute Gasteiger partial charge is 0.251 e. The van der Waals surface area contributed by atoms with Crippen LogP contribution in [0.3, 0.4) is 0 Å². The van der Waals surface area contributed by atoms with Crippen molar-refractivity contribution >= 4 is 21.8 Å². The van der Waals surface area contributed by atoms with Crippen molar-refractivity contribution in [3.8, 4) is 0 Å². The van der Waals surface area contributed by atoms with Crippen molar-refractivity contribution in [1.29, 1.82) is 0 Å². The molecule has 154 valence electrons. The van der Waals surface area contributed by atoms with Crippen LogP contribution in [0.15, 0.2) is 41.8 Å². The monoisotopic (exact) mass is 407 g/mol. The molecule has 2 amide bonds. The van der Waals surface area contributed by atoms with Gasteiger partial charge >= 0.3 is 0 Å². The molecule has 1 saturated heterocycles. The molecule has 1 aromatic carbocycles. The second-order valence-corrected chi connectivity index (χ2v) is 9.16. The highest BCUT2D eigenvalue weighted by molar-refractivity contribution is 7.89. The first-order valence-electron chi connectivity index (χ1n) is 9.52. The standard InChI is InChI=1S/C20H29N3O4S/c1-4-11-21-28(26,27)18-7-5-16(6-8-18)20(25)22-17-9-12-23(13-10-17)19(24)14-15(2)3/h4-8,15,17,21H,1,9-14H2,2-3H3,(H,22,25). The summed E-state index contributed by atoms with van der Waals surface area (Å²) < 4.78 is 26.5. The Bertz CT molecular complexity index is 795. The number of carbonyl (C=O) groups excluding carboxylic acids is 2. The van der Waals surface area contributed by atoms with E-state index in [1.165, 1.54) is 30.3 Å². The molecular weight excluding hydrogens is 378 g/mol. The molecule has 7 nitrogen and oxygen atoms in total. The maximum atomic E-state index is 12.4. The third-order valence-corrected chi connectivity index (χ3v) is 6.05. The Balaban J connectivity index is 1.88. The van der Waals surface area contributed by atoms with Gasteiger partial charge < -0.3 is 10.2 Å². The fourth-order valence-corrected chi connectivity index (χ4v) is 4.06. The van der Waals surface area contributed by atoms with Crippen LogP contribution in [0.1, 0.15) is 43.5 Å².